The number of amides is 1. The van der Waals surface area contributed by atoms with E-state index >= 15 is 0 Å². The third-order valence-corrected chi connectivity index (χ3v) is 5.17. The van der Waals surface area contributed by atoms with Crippen molar-refractivity contribution in [1.29, 1.82) is 0 Å². The van der Waals surface area contributed by atoms with E-state index in [1.54, 1.807) is 33.5 Å². The Morgan fingerprint density at radius 1 is 1.00 bits per heavy atom. The molecular weight excluding hydrogens is 386 g/mol. The maximum absolute atomic E-state index is 12.8. The number of methoxy groups -OCH3 is 3. The molecule has 4 rings (SSSR count). The highest BCUT2D eigenvalue weighted by atomic mass is 16.5. The minimum Gasteiger partial charge on any atom is -0.493 e. The van der Waals surface area contributed by atoms with Gasteiger partial charge >= 0.3 is 0 Å². The van der Waals surface area contributed by atoms with Gasteiger partial charge in [0.2, 0.25) is 5.75 Å². The van der Waals surface area contributed by atoms with Crippen LogP contribution in [0, 0.1) is 0 Å². The Labute approximate surface area is 174 Å². The Kier molecular flexibility index (Phi) is 5.67. The number of rotatable bonds is 6. The zero-order valence-corrected chi connectivity index (χ0v) is 17.3. The average molecular weight is 411 g/mol. The number of nitrogens with one attached hydrogen (secondary N) is 2. The monoisotopic (exact) mass is 411 g/mol. The average Bonchev–Trinajstić information content (AvgIpc) is 3.22. The second kappa shape index (κ2) is 8.54. The Morgan fingerprint density at radius 2 is 1.70 bits per heavy atom. The molecule has 2 N–H and O–H groups in total. The quantitative estimate of drug-likeness (QED) is 0.648. The molecule has 2 heterocycles. The molecular formula is C22H25N3O5. The molecule has 0 spiro atoms. The van der Waals surface area contributed by atoms with Gasteiger partial charge in [-0.3, -0.25) is 4.79 Å². The molecule has 8 heteroatoms. The van der Waals surface area contributed by atoms with Crippen LogP contribution in [0.3, 0.4) is 0 Å². The van der Waals surface area contributed by atoms with Gasteiger partial charge in [0.15, 0.2) is 11.5 Å². The van der Waals surface area contributed by atoms with E-state index in [4.69, 9.17) is 18.9 Å². The highest BCUT2D eigenvalue weighted by Gasteiger charge is 2.20. The molecule has 158 valence electrons. The summed E-state index contributed by atoms with van der Waals surface area (Å²) in [5.74, 6) is 1.25. The van der Waals surface area contributed by atoms with Gasteiger partial charge in [0.25, 0.3) is 5.91 Å². The summed E-state index contributed by atoms with van der Waals surface area (Å²) in [4.78, 5) is 18.2. The Morgan fingerprint density at radius 3 is 2.33 bits per heavy atom. The smallest absolute Gasteiger partial charge is 0.272 e. The first kappa shape index (κ1) is 19.9. The molecule has 0 saturated carbocycles. The molecule has 1 aliphatic rings. The molecule has 1 saturated heterocycles. The fourth-order valence-corrected chi connectivity index (χ4v) is 3.64. The number of carbonyl (C=O) groups is 1. The van der Waals surface area contributed by atoms with E-state index in [0.717, 1.165) is 43.1 Å². The number of H-pyrrole nitrogens is 1. The fourth-order valence-electron chi connectivity index (χ4n) is 3.64. The number of hydrogen-bond donors (Lipinski definition) is 2. The van der Waals surface area contributed by atoms with Crippen LogP contribution in [-0.2, 0) is 4.74 Å². The molecule has 0 radical (unpaired) electrons. The van der Waals surface area contributed by atoms with E-state index in [2.05, 4.69) is 15.2 Å². The summed E-state index contributed by atoms with van der Waals surface area (Å²) in [5, 5.41) is 3.72. The molecule has 1 amide bonds. The number of anilines is 2. The molecule has 1 aliphatic heterocycles. The van der Waals surface area contributed by atoms with Crippen molar-refractivity contribution in [3.8, 4) is 17.2 Å². The summed E-state index contributed by atoms with van der Waals surface area (Å²) in [5.41, 5.74) is 2.92. The fraction of sp³-hybridized carbons (Fsp3) is 0.318. The van der Waals surface area contributed by atoms with Crippen molar-refractivity contribution < 1.29 is 23.7 Å². The van der Waals surface area contributed by atoms with Gasteiger partial charge in [-0.1, -0.05) is 0 Å². The van der Waals surface area contributed by atoms with Crippen molar-refractivity contribution >= 4 is 28.2 Å². The van der Waals surface area contributed by atoms with Crippen LogP contribution in [-0.4, -0.2) is 58.5 Å². The zero-order chi connectivity index (χ0) is 21.1. The van der Waals surface area contributed by atoms with Crippen molar-refractivity contribution in [3.63, 3.8) is 0 Å². The lowest BCUT2D eigenvalue weighted by Gasteiger charge is -2.28. The summed E-state index contributed by atoms with van der Waals surface area (Å²) < 4.78 is 21.7. The van der Waals surface area contributed by atoms with E-state index < -0.39 is 0 Å². The maximum atomic E-state index is 12.8. The van der Waals surface area contributed by atoms with Gasteiger partial charge in [0.1, 0.15) is 5.69 Å². The van der Waals surface area contributed by atoms with Gasteiger partial charge in [-0.2, -0.15) is 0 Å². The van der Waals surface area contributed by atoms with Crippen LogP contribution in [0.2, 0.25) is 0 Å². The van der Waals surface area contributed by atoms with Crippen molar-refractivity contribution in [2.45, 2.75) is 0 Å². The third-order valence-electron chi connectivity index (χ3n) is 5.17. The number of ether oxygens (including phenoxy) is 4. The van der Waals surface area contributed by atoms with E-state index in [-0.39, 0.29) is 5.91 Å². The number of aromatic nitrogens is 1. The molecule has 3 aromatic rings. The number of aromatic amines is 1. The Balaban J connectivity index is 1.56. The summed E-state index contributed by atoms with van der Waals surface area (Å²) in [6, 6.07) is 11.4. The SMILES string of the molecule is COc1cc2cc(C(=O)Nc3ccc(N4CCOCC4)cc3)[nH]c2c(OC)c1OC. The summed E-state index contributed by atoms with van der Waals surface area (Å²) in [6.07, 6.45) is 0. The number of morpholine rings is 1. The molecule has 0 bridgehead atoms. The molecule has 0 aliphatic carbocycles. The van der Waals surface area contributed by atoms with Crippen LogP contribution in [0.5, 0.6) is 17.2 Å². The number of hydrogen-bond acceptors (Lipinski definition) is 6. The van der Waals surface area contributed by atoms with Gasteiger partial charge in [0.05, 0.1) is 40.1 Å². The highest BCUT2D eigenvalue weighted by Crippen LogP contribution is 2.43. The zero-order valence-electron chi connectivity index (χ0n) is 17.3. The number of nitrogens with zero attached hydrogens (tertiary/aromatic N) is 1. The van der Waals surface area contributed by atoms with Gasteiger partial charge in [-0.25, -0.2) is 0 Å². The van der Waals surface area contributed by atoms with Crippen LogP contribution < -0.4 is 24.4 Å². The summed E-state index contributed by atoms with van der Waals surface area (Å²) in [7, 11) is 4.65. The van der Waals surface area contributed by atoms with Crippen LogP contribution in [0.1, 0.15) is 10.5 Å². The predicted octanol–water partition coefficient (Wildman–Crippen LogP) is 3.28. The van der Waals surface area contributed by atoms with Crippen LogP contribution in [0.25, 0.3) is 10.9 Å². The largest absolute Gasteiger partial charge is 0.493 e. The third kappa shape index (κ3) is 3.73. The molecule has 1 aromatic heterocycles. The molecule has 30 heavy (non-hydrogen) atoms. The van der Waals surface area contributed by atoms with Gasteiger partial charge in [0, 0.05) is 29.9 Å². The second-order valence-corrected chi connectivity index (χ2v) is 6.89. The van der Waals surface area contributed by atoms with Gasteiger partial charge in [-0.15, -0.1) is 0 Å². The van der Waals surface area contributed by atoms with Crippen molar-refractivity contribution in [2.75, 3.05) is 57.8 Å². The lowest BCUT2D eigenvalue weighted by atomic mass is 10.2. The molecule has 0 unspecified atom stereocenters. The van der Waals surface area contributed by atoms with E-state index in [1.807, 2.05) is 24.3 Å². The van der Waals surface area contributed by atoms with Crippen molar-refractivity contribution in [1.82, 2.24) is 4.98 Å². The minimum absolute atomic E-state index is 0.245. The molecule has 1 fully saturated rings. The summed E-state index contributed by atoms with van der Waals surface area (Å²) >= 11 is 0. The van der Waals surface area contributed by atoms with Crippen LogP contribution in [0.15, 0.2) is 36.4 Å². The predicted molar refractivity (Wildman–Crippen MR) is 115 cm³/mol. The van der Waals surface area contributed by atoms with E-state index in [0.29, 0.717) is 28.5 Å². The standard InChI is InChI=1S/C22H25N3O5/c1-27-18-13-14-12-17(24-19(14)21(29-3)20(18)28-2)22(26)23-15-4-6-16(7-5-15)25-8-10-30-11-9-25/h4-7,12-13,24H,8-11H2,1-3H3,(H,23,26). The second-order valence-electron chi connectivity index (χ2n) is 6.89. The van der Waals surface area contributed by atoms with Crippen LogP contribution >= 0.6 is 0 Å². The van der Waals surface area contributed by atoms with Crippen molar-refractivity contribution in [3.05, 3.63) is 42.1 Å². The Hall–Kier alpha value is -3.39. The topological polar surface area (TPSA) is 85.1 Å². The normalized spacial score (nSPS) is 13.9. The first-order valence-corrected chi connectivity index (χ1v) is 9.70. The van der Waals surface area contributed by atoms with Gasteiger partial charge in [-0.05, 0) is 36.4 Å². The number of carbonyl (C=O) groups excluding carboxylic acids is 1. The van der Waals surface area contributed by atoms with Gasteiger partial charge < -0.3 is 34.1 Å². The minimum atomic E-state index is -0.245. The molecule has 8 nitrogen and oxygen atoms in total. The lowest BCUT2D eigenvalue weighted by Crippen LogP contribution is -2.36. The first-order valence-electron chi connectivity index (χ1n) is 9.70. The van der Waals surface area contributed by atoms with Crippen LogP contribution in [0.4, 0.5) is 11.4 Å². The maximum Gasteiger partial charge on any atom is 0.272 e. The van der Waals surface area contributed by atoms with E-state index in [9.17, 15) is 4.79 Å². The van der Waals surface area contributed by atoms with E-state index in [1.165, 1.54) is 0 Å². The molecule has 0 atom stereocenters. The number of fused-ring (bicyclic) bond motifs is 1. The van der Waals surface area contributed by atoms with Crippen molar-refractivity contribution in [2.24, 2.45) is 0 Å². The first-order chi connectivity index (χ1) is 14.6. The number of benzene rings is 2. The lowest BCUT2D eigenvalue weighted by molar-refractivity contribution is 0.102. The summed E-state index contributed by atoms with van der Waals surface area (Å²) in [6.45, 7) is 3.21. The Bertz CT molecular complexity index is 1040. The molecule has 2 aromatic carbocycles. The highest BCUT2D eigenvalue weighted by molar-refractivity contribution is 6.07.